The van der Waals surface area contributed by atoms with Gasteiger partial charge in [-0.15, -0.1) is 0 Å². The van der Waals surface area contributed by atoms with E-state index in [9.17, 15) is 19.2 Å². The van der Waals surface area contributed by atoms with Crippen LogP contribution in [-0.4, -0.2) is 57.6 Å². The van der Waals surface area contributed by atoms with Crippen LogP contribution < -0.4 is 10.6 Å². The van der Waals surface area contributed by atoms with Crippen molar-refractivity contribution >= 4 is 23.9 Å². The van der Waals surface area contributed by atoms with Crippen molar-refractivity contribution in [1.82, 2.24) is 15.5 Å². The van der Waals surface area contributed by atoms with E-state index in [-0.39, 0.29) is 12.3 Å². The SMILES string of the molecule is CCC(C)(C)N(C(=O)C(NC(=O)OC(C)(C)C)C(C)C)C(C(=O)NC(Cc1ccccc1)C(=O)OC(C)(C)C)c1c(C)cccc1C. The number of nitrogens with one attached hydrogen (secondary N) is 2. The van der Waals surface area contributed by atoms with Gasteiger partial charge in [0.15, 0.2) is 0 Å². The Bertz CT molecular complexity index is 1370. The molecule has 3 atom stereocenters. The Morgan fingerprint density at radius 1 is 0.766 bits per heavy atom. The summed E-state index contributed by atoms with van der Waals surface area (Å²) in [5.74, 6) is -1.87. The van der Waals surface area contributed by atoms with E-state index in [0.29, 0.717) is 12.0 Å². The number of nitrogens with zero attached hydrogens (tertiary/aromatic N) is 1. The smallest absolute Gasteiger partial charge is 0.408 e. The molecular weight excluding hydrogens is 594 g/mol. The third-order valence-corrected chi connectivity index (χ3v) is 7.97. The second kappa shape index (κ2) is 15.8. The number of carbonyl (C=O) groups excluding carboxylic acids is 4. The number of benzene rings is 2. The van der Waals surface area contributed by atoms with Crippen LogP contribution in [0.4, 0.5) is 4.79 Å². The fraction of sp³-hybridized carbons (Fsp3) is 0.579. The first-order valence-corrected chi connectivity index (χ1v) is 16.5. The molecule has 0 bridgehead atoms. The number of amides is 3. The molecule has 0 aliphatic heterocycles. The molecule has 3 unspecified atom stereocenters. The van der Waals surface area contributed by atoms with E-state index in [1.54, 1.807) is 46.4 Å². The lowest BCUT2D eigenvalue weighted by molar-refractivity contribution is -0.159. The van der Waals surface area contributed by atoms with Crippen LogP contribution in [0.1, 0.15) is 111 Å². The second-order valence-corrected chi connectivity index (χ2v) is 15.2. The number of aryl methyl sites for hydroxylation is 2. The van der Waals surface area contributed by atoms with Crippen molar-refractivity contribution in [3.63, 3.8) is 0 Å². The highest BCUT2D eigenvalue weighted by molar-refractivity contribution is 5.95. The molecule has 260 valence electrons. The molecule has 0 aromatic heterocycles. The fourth-order valence-corrected chi connectivity index (χ4v) is 5.35. The lowest BCUT2D eigenvalue weighted by Crippen LogP contribution is -2.61. The van der Waals surface area contributed by atoms with Crippen LogP contribution in [0.15, 0.2) is 48.5 Å². The van der Waals surface area contributed by atoms with Gasteiger partial charge in [0, 0.05) is 12.0 Å². The summed E-state index contributed by atoms with van der Waals surface area (Å²) < 4.78 is 11.3. The molecule has 47 heavy (non-hydrogen) atoms. The van der Waals surface area contributed by atoms with Gasteiger partial charge in [0.25, 0.3) is 0 Å². The fourth-order valence-electron chi connectivity index (χ4n) is 5.35. The highest BCUT2D eigenvalue weighted by atomic mass is 16.6. The van der Waals surface area contributed by atoms with Crippen LogP contribution in [0.25, 0.3) is 0 Å². The maximum absolute atomic E-state index is 14.8. The van der Waals surface area contributed by atoms with Gasteiger partial charge in [-0.05, 0) is 104 Å². The molecule has 9 heteroatoms. The van der Waals surface area contributed by atoms with Gasteiger partial charge in [-0.3, -0.25) is 9.59 Å². The molecule has 3 amide bonds. The van der Waals surface area contributed by atoms with Gasteiger partial charge in [0.05, 0.1) is 0 Å². The number of carbonyl (C=O) groups is 4. The summed E-state index contributed by atoms with van der Waals surface area (Å²) in [6.45, 7) is 23.8. The Hall–Kier alpha value is -3.88. The van der Waals surface area contributed by atoms with Crippen molar-refractivity contribution in [2.75, 3.05) is 0 Å². The number of rotatable bonds is 12. The molecular formula is C38H57N3O6. The summed E-state index contributed by atoms with van der Waals surface area (Å²) in [6, 6.07) is 11.9. The highest BCUT2D eigenvalue weighted by Crippen LogP contribution is 2.36. The topological polar surface area (TPSA) is 114 Å². The van der Waals surface area contributed by atoms with Crippen molar-refractivity contribution in [3.8, 4) is 0 Å². The number of hydrogen-bond acceptors (Lipinski definition) is 6. The summed E-state index contributed by atoms with van der Waals surface area (Å²) in [5.41, 5.74) is 0.718. The van der Waals surface area contributed by atoms with Crippen LogP contribution in [0.2, 0.25) is 0 Å². The predicted octanol–water partition coefficient (Wildman–Crippen LogP) is 6.98. The van der Waals surface area contributed by atoms with E-state index in [1.807, 2.05) is 97.0 Å². The molecule has 2 rings (SSSR count). The normalized spacial score (nSPS) is 14.1. The highest BCUT2D eigenvalue weighted by Gasteiger charge is 2.45. The zero-order chi connectivity index (χ0) is 35.9. The Labute approximate surface area is 282 Å². The Morgan fingerprint density at radius 3 is 1.77 bits per heavy atom. The summed E-state index contributed by atoms with van der Waals surface area (Å²) in [4.78, 5) is 57.8. The third-order valence-electron chi connectivity index (χ3n) is 7.97. The number of esters is 1. The van der Waals surface area contributed by atoms with Crippen molar-refractivity contribution in [1.29, 1.82) is 0 Å². The number of hydrogen-bond donors (Lipinski definition) is 2. The zero-order valence-electron chi connectivity index (χ0n) is 30.7. The Balaban J connectivity index is 2.76. The van der Waals surface area contributed by atoms with Gasteiger partial charge in [0.1, 0.15) is 29.3 Å². The maximum atomic E-state index is 14.8. The minimum Gasteiger partial charge on any atom is -0.458 e. The van der Waals surface area contributed by atoms with Gasteiger partial charge in [-0.1, -0.05) is 69.3 Å². The van der Waals surface area contributed by atoms with Gasteiger partial charge >= 0.3 is 12.1 Å². The van der Waals surface area contributed by atoms with Crippen molar-refractivity contribution < 1.29 is 28.7 Å². The van der Waals surface area contributed by atoms with Gasteiger partial charge < -0.3 is 25.0 Å². The molecule has 0 aliphatic carbocycles. The molecule has 0 fully saturated rings. The monoisotopic (exact) mass is 651 g/mol. The summed E-state index contributed by atoms with van der Waals surface area (Å²) >= 11 is 0. The van der Waals surface area contributed by atoms with Gasteiger partial charge in [-0.25, -0.2) is 9.59 Å². The first-order chi connectivity index (χ1) is 21.6. The second-order valence-electron chi connectivity index (χ2n) is 15.2. The molecule has 0 heterocycles. The minimum atomic E-state index is -1.14. The first kappa shape index (κ1) is 39.3. The summed E-state index contributed by atoms with van der Waals surface area (Å²) in [6.07, 6.45) is -0.0230. The Morgan fingerprint density at radius 2 is 1.30 bits per heavy atom. The lowest BCUT2D eigenvalue weighted by atomic mass is 9.87. The van der Waals surface area contributed by atoms with E-state index < -0.39 is 58.7 Å². The van der Waals surface area contributed by atoms with Crippen molar-refractivity contribution in [2.45, 2.75) is 138 Å². The first-order valence-electron chi connectivity index (χ1n) is 16.5. The van der Waals surface area contributed by atoms with Crippen LogP contribution in [-0.2, 0) is 30.3 Å². The van der Waals surface area contributed by atoms with Crippen LogP contribution >= 0.6 is 0 Å². The maximum Gasteiger partial charge on any atom is 0.408 e. The van der Waals surface area contributed by atoms with Crippen molar-refractivity contribution in [3.05, 3.63) is 70.8 Å². The van der Waals surface area contributed by atoms with E-state index in [4.69, 9.17) is 9.47 Å². The summed E-state index contributed by atoms with van der Waals surface area (Å²) in [5, 5.41) is 5.78. The average Bonchev–Trinajstić information content (AvgIpc) is 2.93. The molecule has 0 saturated heterocycles. The summed E-state index contributed by atoms with van der Waals surface area (Å²) in [7, 11) is 0. The van der Waals surface area contributed by atoms with E-state index in [2.05, 4.69) is 10.6 Å². The standard InChI is InChI=1S/C38H57N3O6/c1-14-38(12,13)41(33(43)30(24(2)3)40-35(45)47-37(9,10)11)31(29-25(4)19-18-20-26(29)5)32(42)39-28(34(44)46-36(6,7)8)23-27-21-16-15-17-22-27/h15-22,24,28,30-31H,14,23H2,1-13H3,(H,39,42)(H,40,45). The van der Waals surface area contributed by atoms with Crippen LogP contribution in [0, 0.1) is 19.8 Å². The van der Waals surface area contributed by atoms with E-state index in [1.165, 1.54) is 0 Å². The van der Waals surface area contributed by atoms with Crippen LogP contribution in [0.3, 0.4) is 0 Å². The lowest BCUT2D eigenvalue weighted by Gasteiger charge is -2.46. The number of alkyl carbamates (subject to hydrolysis) is 1. The molecule has 0 spiro atoms. The molecule has 2 aromatic rings. The largest absolute Gasteiger partial charge is 0.458 e. The number of ether oxygens (including phenoxy) is 2. The average molecular weight is 652 g/mol. The zero-order valence-corrected chi connectivity index (χ0v) is 30.7. The third kappa shape index (κ3) is 11.4. The predicted molar refractivity (Wildman–Crippen MR) is 186 cm³/mol. The Kier molecular flexibility index (Phi) is 13.2. The molecule has 0 saturated carbocycles. The molecule has 0 aliphatic rings. The van der Waals surface area contributed by atoms with E-state index in [0.717, 1.165) is 16.7 Å². The molecule has 0 radical (unpaired) electrons. The van der Waals surface area contributed by atoms with Crippen molar-refractivity contribution in [2.24, 2.45) is 5.92 Å². The quantitative estimate of drug-likeness (QED) is 0.240. The van der Waals surface area contributed by atoms with Gasteiger partial charge in [-0.2, -0.15) is 0 Å². The molecule has 2 N–H and O–H groups in total. The minimum absolute atomic E-state index is 0.195. The molecule has 2 aromatic carbocycles. The van der Waals surface area contributed by atoms with Gasteiger partial charge in [0.2, 0.25) is 11.8 Å². The van der Waals surface area contributed by atoms with Crippen LogP contribution in [0.5, 0.6) is 0 Å². The van der Waals surface area contributed by atoms with E-state index >= 15 is 0 Å². The molecule has 9 nitrogen and oxygen atoms in total.